The van der Waals surface area contributed by atoms with E-state index in [1.54, 1.807) is 0 Å². The van der Waals surface area contributed by atoms with Gasteiger partial charge in [0.05, 0.1) is 5.69 Å². The Hall–Kier alpha value is -1.77. The summed E-state index contributed by atoms with van der Waals surface area (Å²) in [5, 5.41) is 0. The summed E-state index contributed by atoms with van der Waals surface area (Å²) in [6, 6.07) is 10.3. The summed E-state index contributed by atoms with van der Waals surface area (Å²) in [6.07, 6.45) is 1.69. The fraction of sp³-hybridized carbons (Fsp3) is 0.438. The van der Waals surface area contributed by atoms with Gasteiger partial charge in [0.15, 0.2) is 0 Å². The smallest absolute Gasteiger partial charge is 0.127 e. The highest BCUT2D eigenvalue weighted by atomic mass is 15.2. The van der Waals surface area contributed by atoms with Gasteiger partial charge in [-0.15, -0.1) is 0 Å². The first kappa shape index (κ1) is 13.7. The van der Waals surface area contributed by atoms with Crippen molar-refractivity contribution in [1.82, 2.24) is 9.55 Å². The van der Waals surface area contributed by atoms with Gasteiger partial charge in [-0.1, -0.05) is 37.3 Å². The summed E-state index contributed by atoms with van der Waals surface area (Å²) in [4.78, 5) is 4.73. The van der Waals surface area contributed by atoms with E-state index in [4.69, 9.17) is 10.7 Å². The molecule has 19 heavy (non-hydrogen) atoms. The standard InChI is InChI=1S/C16H23N3/c1-5-14-18-13(11-12-9-7-6-8-10-12)15(17)19(14)16(2,3)4/h6-10H,5,11,17H2,1-4H3. The predicted molar refractivity (Wildman–Crippen MR) is 80.3 cm³/mol. The maximum atomic E-state index is 6.31. The zero-order chi connectivity index (χ0) is 14.0. The molecule has 2 rings (SSSR count). The van der Waals surface area contributed by atoms with E-state index in [2.05, 4.69) is 44.4 Å². The van der Waals surface area contributed by atoms with Gasteiger partial charge >= 0.3 is 0 Å². The van der Waals surface area contributed by atoms with Gasteiger partial charge in [0.25, 0.3) is 0 Å². The molecule has 0 saturated carbocycles. The van der Waals surface area contributed by atoms with Gasteiger partial charge < -0.3 is 10.3 Å². The van der Waals surface area contributed by atoms with Crippen LogP contribution in [0, 0.1) is 0 Å². The van der Waals surface area contributed by atoms with Crippen LogP contribution in [0.4, 0.5) is 5.82 Å². The van der Waals surface area contributed by atoms with Gasteiger partial charge in [0.2, 0.25) is 0 Å². The van der Waals surface area contributed by atoms with Crippen molar-refractivity contribution in [3.05, 3.63) is 47.4 Å². The molecule has 0 spiro atoms. The molecule has 1 aromatic carbocycles. The van der Waals surface area contributed by atoms with Crippen LogP contribution in [0.2, 0.25) is 0 Å². The number of nitrogens with two attached hydrogens (primary N) is 1. The lowest BCUT2D eigenvalue weighted by Gasteiger charge is -2.24. The highest BCUT2D eigenvalue weighted by Crippen LogP contribution is 2.26. The van der Waals surface area contributed by atoms with Crippen LogP contribution in [0.5, 0.6) is 0 Å². The summed E-state index contributed by atoms with van der Waals surface area (Å²) in [5.41, 5.74) is 8.51. The molecule has 0 aliphatic carbocycles. The summed E-state index contributed by atoms with van der Waals surface area (Å²) >= 11 is 0. The fourth-order valence-electron chi connectivity index (χ4n) is 2.44. The quantitative estimate of drug-likeness (QED) is 0.916. The highest BCUT2D eigenvalue weighted by Gasteiger charge is 2.22. The van der Waals surface area contributed by atoms with Crippen molar-refractivity contribution in [2.24, 2.45) is 0 Å². The van der Waals surface area contributed by atoms with E-state index in [0.29, 0.717) is 0 Å². The van der Waals surface area contributed by atoms with E-state index in [9.17, 15) is 0 Å². The average molecular weight is 257 g/mol. The fourth-order valence-corrected chi connectivity index (χ4v) is 2.44. The van der Waals surface area contributed by atoms with Crippen molar-refractivity contribution in [3.63, 3.8) is 0 Å². The van der Waals surface area contributed by atoms with E-state index in [1.807, 2.05) is 18.2 Å². The first-order valence-corrected chi connectivity index (χ1v) is 6.84. The molecule has 102 valence electrons. The summed E-state index contributed by atoms with van der Waals surface area (Å²) in [6.45, 7) is 8.61. The third-order valence-electron chi connectivity index (χ3n) is 3.26. The Balaban J connectivity index is 2.41. The molecule has 3 heteroatoms. The second-order valence-corrected chi connectivity index (χ2v) is 5.88. The summed E-state index contributed by atoms with van der Waals surface area (Å²) in [7, 11) is 0. The Bertz CT molecular complexity index is 547. The molecule has 0 aliphatic heterocycles. The molecular formula is C16H23N3. The van der Waals surface area contributed by atoms with Crippen LogP contribution in [-0.2, 0) is 18.4 Å². The summed E-state index contributed by atoms with van der Waals surface area (Å²) in [5.74, 6) is 1.86. The first-order valence-electron chi connectivity index (χ1n) is 6.84. The summed E-state index contributed by atoms with van der Waals surface area (Å²) < 4.78 is 2.16. The van der Waals surface area contributed by atoms with Gasteiger partial charge in [-0.3, -0.25) is 0 Å². The first-order chi connectivity index (χ1) is 8.93. The van der Waals surface area contributed by atoms with Crippen LogP contribution in [0.25, 0.3) is 0 Å². The lowest BCUT2D eigenvalue weighted by atomic mass is 10.1. The minimum absolute atomic E-state index is 0.0304. The second-order valence-electron chi connectivity index (χ2n) is 5.88. The van der Waals surface area contributed by atoms with Crippen molar-refractivity contribution in [2.45, 2.75) is 46.1 Å². The monoisotopic (exact) mass is 257 g/mol. The van der Waals surface area contributed by atoms with Crippen LogP contribution in [0.15, 0.2) is 30.3 Å². The number of benzene rings is 1. The van der Waals surface area contributed by atoms with Crippen molar-refractivity contribution in [1.29, 1.82) is 0 Å². The Kier molecular flexibility index (Phi) is 3.65. The van der Waals surface area contributed by atoms with Crippen molar-refractivity contribution in [3.8, 4) is 0 Å². The zero-order valence-corrected chi connectivity index (χ0v) is 12.3. The van der Waals surface area contributed by atoms with Crippen LogP contribution >= 0.6 is 0 Å². The largest absolute Gasteiger partial charge is 0.384 e. The zero-order valence-electron chi connectivity index (χ0n) is 12.3. The molecule has 0 saturated heterocycles. The number of hydrogen-bond donors (Lipinski definition) is 1. The molecule has 0 amide bonds. The van der Waals surface area contributed by atoms with E-state index >= 15 is 0 Å². The SMILES string of the molecule is CCc1nc(Cc2ccccc2)c(N)n1C(C)(C)C. The highest BCUT2D eigenvalue weighted by molar-refractivity contribution is 5.42. The third-order valence-corrected chi connectivity index (χ3v) is 3.26. The molecule has 3 nitrogen and oxygen atoms in total. The number of anilines is 1. The molecule has 1 aromatic heterocycles. The van der Waals surface area contributed by atoms with Gasteiger partial charge in [-0.25, -0.2) is 4.98 Å². The Morgan fingerprint density at radius 1 is 1.16 bits per heavy atom. The lowest BCUT2D eigenvalue weighted by Crippen LogP contribution is -2.25. The molecule has 1 heterocycles. The third kappa shape index (κ3) is 2.80. The van der Waals surface area contributed by atoms with Crippen LogP contribution in [0.3, 0.4) is 0 Å². The molecule has 2 N–H and O–H groups in total. The van der Waals surface area contributed by atoms with Crippen molar-refractivity contribution < 1.29 is 0 Å². The van der Waals surface area contributed by atoms with Gasteiger partial charge in [0.1, 0.15) is 11.6 Å². The lowest BCUT2D eigenvalue weighted by molar-refractivity contribution is 0.389. The molecule has 0 aliphatic rings. The van der Waals surface area contributed by atoms with Gasteiger partial charge in [-0.2, -0.15) is 0 Å². The minimum Gasteiger partial charge on any atom is -0.384 e. The maximum absolute atomic E-state index is 6.31. The van der Waals surface area contributed by atoms with E-state index in [0.717, 1.165) is 30.2 Å². The number of hydrogen-bond acceptors (Lipinski definition) is 2. The molecule has 0 unspecified atom stereocenters. The van der Waals surface area contributed by atoms with Crippen LogP contribution in [-0.4, -0.2) is 9.55 Å². The number of aromatic nitrogens is 2. The normalized spacial score (nSPS) is 11.8. The average Bonchev–Trinajstić information content (AvgIpc) is 2.67. The van der Waals surface area contributed by atoms with E-state index in [-0.39, 0.29) is 5.54 Å². The predicted octanol–water partition coefficient (Wildman–Crippen LogP) is 3.37. The minimum atomic E-state index is -0.0304. The Labute approximate surface area is 115 Å². The van der Waals surface area contributed by atoms with Crippen molar-refractivity contribution >= 4 is 5.82 Å². The van der Waals surface area contributed by atoms with Crippen LogP contribution < -0.4 is 5.73 Å². The number of nitrogen functional groups attached to an aromatic ring is 1. The molecular weight excluding hydrogens is 234 g/mol. The number of aryl methyl sites for hydroxylation is 1. The second kappa shape index (κ2) is 5.08. The maximum Gasteiger partial charge on any atom is 0.127 e. The Morgan fingerprint density at radius 3 is 2.26 bits per heavy atom. The van der Waals surface area contributed by atoms with Gasteiger partial charge in [0, 0.05) is 18.4 Å². The number of imidazole rings is 1. The molecule has 2 aromatic rings. The van der Waals surface area contributed by atoms with Crippen LogP contribution in [0.1, 0.15) is 44.8 Å². The van der Waals surface area contributed by atoms with E-state index < -0.39 is 0 Å². The van der Waals surface area contributed by atoms with Gasteiger partial charge in [-0.05, 0) is 26.3 Å². The molecule has 0 atom stereocenters. The number of nitrogens with zero attached hydrogens (tertiary/aromatic N) is 2. The number of rotatable bonds is 3. The topological polar surface area (TPSA) is 43.8 Å². The molecule has 0 bridgehead atoms. The Morgan fingerprint density at radius 2 is 1.79 bits per heavy atom. The molecule has 0 radical (unpaired) electrons. The van der Waals surface area contributed by atoms with E-state index in [1.165, 1.54) is 5.56 Å². The van der Waals surface area contributed by atoms with Crippen molar-refractivity contribution in [2.75, 3.05) is 5.73 Å². The molecule has 0 fully saturated rings.